The summed E-state index contributed by atoms with van der Waals surface area (Å²) >= 11 is 0. The van der Waals surface area contributed by atoms with Gasteiger partial charge in [0.2, 0.25) is 0 Å². The first-order chi connectivity index (χ1) is 21.1. The summed E-state index contributed by atoms with van der Waals surface area (Å²) in [6, 6.07) is 19.2. The SMILES string of the molecule is CCCc1nc(CC)c(-c2ccc(OC(C)(C)CO)cc2)c(=O)n1Cc1ccc(-c2ccccc2-c2noc(=O)[nH]2)cc1F.[K]. The van der Waals surface area contributed by atoms with Crippen LogP contribution >= 0.6 is 0 Å². The Morgan fingerprint density at radius 1 is 1.00 bits per heavy atom. The van der Waals surface area contributed by atoms with Crippen LogP contribution in [0.4, 0.5) is 4.39 Å². The molecule has 0 spiro atoms. The second kappa shape index (κ2) is 14.9. The molecule has 0 unspecified atom stereocenters. The molecule has 5 rings (SSSR count). The Bertz CT molecular complexity index is 1900. The number of aromatic amines is 1. The fourth-order valence-electron chi connectivity index (χ4n) is 5.11. The summed E-state index contributed by atoms with van der Waals surface area (Å²) in [6.45, 7) is 7.40. The molecule has 3 aromatic carbocycles. The minimum Gasteiger partial charge on any atom is -0.485 e. The van der Waals surface area contributed by atoms with Gasteiger partial charge in [0, 0.05) is 68.9 Å². The molecular weight excluding hydrogens is 602 g/mol. The Labute approximate surface area is 302 Å². The average Bonchev–Trinajstić information content (AvgIpc) is 3.46. The number of hydrogen-bond donors (Lipinski definition) is 2. The summed E-state index contributed by atoms with van der Waals surface area (Å²) in [4.78, 5) is 33.1. The van der Waals surface area contributed by atoms with E-state index in [9.17, 15) is 14.7 Å². The molecule has 0 saturated carbocycles. The third-order valence-electron chi connectivity index (χ3n) is 7.36. The van der Waals surface area contributed by atoms with Crippen LogP contribution < -0.4 is 16.1 Å². The van der Waals surface area contributed by atoms with Crippen LogP contribution in [0.5, 0.6) is 5.75 Å². The van der Waals surface area contributed by atoms with Crippen molar-refractivity contribution >= 4 is 51.4 Å². The second-order valence-electron chi connectivity index (χ2n) is 11.2. The van der Waals surface area contributed by atoms with Gasteiger partial charge in [-0.3, -0.25) is 18.9 Å². The van der Waals surface area contributed by atoms with E-state index in [-0.39, 0.29) is 75.9 Å². The maximum absolute atomic E-state index is 15.7. The minimum atomic E-state index is -0.747. The standard InChI is InChI=1S/C34H35FN4O5.K/c1-5-9-29-36-28(6-2)30(21-14-16-24(17-15-21)43-34(3,4)20-40)32(41)39(29)19-23-13-12-22(18-27(23)35)25-10-7-8-11-26(25)31-37-33(42)44-38-31;/h7-8,10-18,40H,5-6,9,19-20H2,1-4H3,(H,37,38,42);. The maximum Gasteiger partial charge on any atom is 0.439 e. The van der Waals surface area contributed by atoms with Crippen molar-refractivity contribution < 1.29 is 18.8 Å². The molecule has 0 aliphatic heterocycles. The average molecular weight is 638 g/mol. The quantitative estimate of drug-likeness (QED) is 0.186. The summed E-state index contributed by atoms with van der Waals surface area (Å²) in [5.74, 6) is 0.264. The van der Waals surface area contributed by atoms with Crippen molar-refractivity contribution in [3.8, 4) is 39.4 Å². The van der Waals surface area contributed by atoms with Gasteiger partial charge in [0.25, 0.3) is 5.56 Å². The zero-order chi connectivity index (χ0) is 31.4. The first-order valence-electron chi connectivity index (χ1n) is 14.6. The van der Waals surface area contributed by atoms with Crippen molar-refractivity contribution in [2.24, 2.45) is 0 Å². The number of ether oxygens (including phenoxy) is 1. The van der Waals surface area contributed by atoms with Gasteiger partial charge >= 0.3 is 5.76 Å². The van der Waals surface area contributed by atoms with E-state index in [0.29, 0.717) is 63.5 Å². The number of aromatic nitrogens is 4. The molecule has 11 heteroatoms. The van der Waals surface area contributed by atoms with Crippen LogP contribution in [0, 0.1) is 5.82 Å². The zero-order valence-corrected chi connectivity index (χ0v) is 29.3. The summed E-state index contributed by atoms with van der Waals surface area (Å²) in [5.41, 5.74) is 3.02. The molecule has 0 amide bonds. The van der Waals surface area contributed by atoms with Crippen LogP contribution in [0.25, 0.3) is 33.6 Å². The summed E-state index contributed by atoms with van der Waals surface area (Å²) in [5, 5.41) is 13.3. The van der Waals surface area contributed by atoms with E-state index in [4.69, 9.17) is 9.72 Å². The Morgan fingerprint density at radius 2 is 1.69 bits per heavy atom. The van der Waals surface area contributed by atoms with Crippen LogP contribution in [0.2, 0.25) is 0 Å². The van der Waals surface area contributed by atoms with Crippen molar-refractivity contribution in [3.63, 3.8) is 0 Å². The molecule has 1 radical (unpaired) electrons. The third-order valence-corrected chi connectivity index (χ3v) is 7.36. The molecule has 0 fully saturated rings. The summed E-state index contributed by atoms with van der Waals surface area (Å²) in [7, 11) is 0. The molecule has 5 aromatic rings. The van der Waals surface area contributed by atoms with E-state index in [1.165, 1.54) is 6.07 Å². The molecule has 0 bridgehead atoms. The van der Waals surface area contributed by atoms with Crippen molar-refractivity contribution in [2.45, 2.75) is 59.1 Å². The van der Waals surface area contributed by atoms with Crippen molar-refractivity contribution in [2.75, 3.05) is 6.61 Å². The van der Waals surface area contributed by atoms with Gasteiger partial charge < -0.3 is 9.84 Å². The van der Waals surface area contributed by atoms with Gasteiger partial charge in [-0.25, -0.2) is 14.2 Å². The van der Waals surface area contributed by atoms with E-state index in [2.05, 4.69) is 14.7 Å². The first-order valence-corrected chi connectivity index (χ1v) is 14.6. The van der Waals surface area contributed by atoms with E-state index >= 15 is 4.39 Å². The molecular formula is C34H35FKN4O5. The van der Waals surface area contributed by atoms with Gasteiger partial charge in [0.1, 0.15) is 23.0 Å². The third kappa shape index (κ3) is 7.79. The number of halogens is 1. The molecule has 0 aliphatic rings. The van der Waals surface area contributed by atoms with Crippen molar-refractivity contribution in [1.29, 1.82) is 0 Å². The van der Waals surface area contributed by atoms with Crippen molar-refractivity contribution in [1.82, 2.24) is 19.7 Å². The normalized spacial score (nSPS) is 11.3. The topological polar surface area (TPSA) is 123 Å². The van der Waals surface area contributed by atoms with E-state index in [0.717, 1.165) is 6.42 Å². The smallest absolute Gasteiger partial charge is 0.439 e. The predicted octanol–water partition coefficient (Wildman–Crippen LogP) is 5.39. The molecule has 0 saturated heterocycles. The summed E-state index contributed by atoms with van der Waals surface area (Å²) in [6.07, 6.45) is 1.88. The number of nitrogens with one attached hydrogen (secondary N) is 1. The number of aliphatic hydroxyl groups excluding tert-OH is 1. The molecule has 0 atom stereocenters. The molecule has 0 aliphatic carbocycles. The van der Waals surface area contributed by atoms with E-state index < -0.39 is 17.2 Å². The number of nitrogens with zero attached hydrogens (tertiary/aromatic N) is 3. The fraction of sp³-hybridized carbons (Fsp3) is 0.294. The van der Waals surface area contributed by atoms with Gasteiger partial charge in [0.05, 0.1) is 24.4 Å². The fourth-order valence-corrected chi connectivity index (χ4v) is 5.11. The van der Waals surface area contributed by atoms with Gasteiger partial charge in [-0.05, 0) is 61.6 Å². The van der Waals surface area contributed by atoms with E-state index in [1.54, 1.807) is 73.0 Å². The van der Waals surface area contributed by atoms with Crippen LogP contribution in [-0.4, -0.2) is 88.4 Å². The first kappa shape index (κ1) is 34.7. The molecule has 9 nitrogen and oxygen atoms in total. The van der Waals surface area contributed by atoms with Crippen molar-refractivity contribution in [3.05, 3.63) is 111 Å². The Balaban J connectivity index is 0.00000461. The van der Waals surface area contributed by atoms with E-state index in [1.807, 2.05) is 19.9 Å². The maximum atomic E-state index is 15.7. The predicted molar refractivity (Wildman–Crippen MR) is 172 cm³/mol. The Hall–Kier alpha value is -3.19. The number of aliphatic hydroxyl groups is 1. The minimum absolute atomic E-state index is 0. The largest absolute Gasteiger partial charge is 0.485 e. The second-order valence-corrected chi connectivity index (χ2v) is 11.2. The van der Waals surface area contributed by atoms with Crippen LogP contribution in [0.3, 0.4) is 0 Å². The Morgan fingerprint density at radius 3 is 2.29 bits per heavy atom. The zero-order valence-electron chi connectivity index (χ0n) is 26.2. The monoisotopic (exact) mass is 637 g/mol. The summed E-state index contributed by atoms with van der Waals surface area (Å²) < 4.78 is 27.8. The van der Waals surface area contributed by atoms with Crippen LogP contribution in [0.15, 0.2) is 80.8 Å². The molecule has 2 aromatic heterocycles. The number of aryl methyl sites for hydroxylation is 2. The number of H-pyrrole nitrogens is 1. The van der Waals surface area contributed by atoms with Gasteiger partial charge in [0.15, 0.2) is 5.82 Å². The molecule has 229 valence electrons. The molecule has 2 heterocycles. The van der Waals surface area contributed by atoms with Crippen LogP contribution in [-0.2, 0) is 19.4 Å². The number of benzene rings is 3. The van der Waals surface area contributed by atoms with Gasteiger partial charge in [-0.2, -0.15) is 0 Å². The molecule has 45 heavy (non-hydrogen) atoms. The number of rotatable bonds is 11. The van der Waals surface area contributed by atoms with Gasteiger partial charge in [-0.15, -0.1) is 0 Å². The Kier molecular flexibility index (Phi) is 11.5. The van der Waals surface area contributed by atoms with Gasteiger partial charge in [-0.1, -0.05) is 67.5 Å². The molecule has 2 N–H and O–H groups in total. The van der Waals surface area contributed by atoms with Crippen LogP contribution in [0.1, 0.15) is 51.2 Å². The number of hydrogen-bond acceptors (Lipinski definition) is 7.